The van der Waals surface area contributed by atoms with Crippen LogP contribution in [-0.2, 0) is 16.0 Å². The average Bonchev–Trinajstić information content (AvgIpc) is 2.54. The number of hydrogen-bond acceptors (Lipinski definition) is 6. The van der Waals surface area contributed by atoms with E-state index in [0.29, 0.717) is 16.9 Å². The van der Waals surface area contributed by atoms with Crippen LogP contribution in [0.5, 0.6) is 5.75 Å². The van der Waals surface area contributed by atoms with Gasteiger partial charge in [-0.15, -0.1) is 0 Å². The van der Waals surface area contributed by atoms with Crippen molar-refractivity contribution in [3.8, 4) is 5.75 Å². The Morgan fingerprint density at radius 2 is 1.96 bits per heavy atom. The SMILES string of the molecule is COC(=O)Cc1cccc(Nc2ccc([N+](=O)[O-])c(OC(F)F)c2)c1. The number of anilines is 2. The van der Waals surface area contributed by atoms with Crippen molar-refractivity contribution in [3.05, 3.63) is 58.1 Å². The summed E-state index contributed by atoms with van der Waals surface area (Å²) < 4.78 is 33.6. The first-order valence-electron chi connectivity index (χ1n) is 7.05. The van der Waals surface area contributed by atoms with Crippen molar-refractivity contribution in [2.45, 2.75) is 13.0 Å². The number of halogens is 2. The van der Waals surface area contributed by atoms with Gasteiger partial charge in [-0.25, -0.2) is 0 Å². The zero-order chi connectivity index (χ0) is 18.4. The number of rotatable bonds is 7. The second kappa shape index (κ2) is 8.04. The Labute approximate surface area is 141 Å². The molecule has 0 spiro atoms. The van der Waals surface area contributed by atoms with Gasteiger partial charge in [0.15, 0.2) is 0 Å². The molecule has 9 heteroatoms. The van der Waals surface area contributed by atoms with E-state index < -0.39 is 28.9 Å². The van der Waals surface area contributed by atoms with Gasteiger partial charge in [0, 0.05) is 23.5 Å². The number of methoxy groups -OCH3 is 1. The van der Waals surface area contributed by atoms with E-state index in [2.05, 4.69) is 14.8 Å². The fraction of sp³-hybridized carbons (Fsp3) is 0.188. The monoisotopic (exact) mass is 352 g/mol. The molecule has 0 saturated carbocycles. The highest BCUT2D eigenvalue weighted by Gasteiger charge is 2.19. The zero-order valence-corrected chi connectivity index (χ0v) is 13.1. The van der Waals surface area contributed by atoms with Crippen LogP contribution in [0.3, 0.4) is 0 Å². The Balaban J connectivity index is 2.23. The Bertz CT molecular complexity index is 783. The average molecular weight is 352 g/mol. The minimum absolute atomic E-state index is 0.0754. The second-order valence-electron chi connectivity index (χ2n) is 4.90. The van der Waals surface area contributed by atoms with Gasteiger partial charge in [0.05, 0.1) is 18.5 Å². The highest BCUT2D eigenvalue weighted by Crippen LogP contribution is 2.32. The summed E-state index contributed by atoms with van der Waals surface area (Å²) in [6.07, 6.45) is 0.0754. The number of alkyl halides is 2. The van der Waals surface area contributed by atoms with Crippen LogP contribution in [0.4, 0.5) is 25.8 Å². The molecular formula is C16H14F2N2O5. The third kappa shape index (κ3) is 5.13. The van der Waals surface area contributed by atoms with Crippen LogP contribution in [0, 0.1) is 10.1 Å². The van der Waals surface area contributed by atoms with Gasteiger partial charge in [-0.05, 0) is 23.8 Å². The molecule has 25 heavy (non-hydrogen) atoms. The van der Waals surface area contributed by atoms with Crippen molar-refractivity contribution in [1.29, 1.82) is 0 Å². The predicted octanol–water partition coefficient (Wildman–Crippen LogP) is 3.66. The summed E-state index contributed by atoms with van der Waals surface area (Å²) in [6.45, 7) is -3.18. The van der Waals surface area contributed by atoms with Crippen molar-refractivity contribution in [2.75, 3.05) is 12.4 Å². The molecule has 0 aliphatic rings. The van der Waals surface area contributed by atoms with Crippen molar-refractivity contribution < 1.29 is 28.0 Å². The molecule has 132 valence electrons. The summed E-state index contributed by atoms with van der Waals surface area (Å²) in [7, 11) is 1.28. The maximum Gasteiger partial charge on any atom is 0.387 e. The van der Waals surface area contributed by atoms with E-state index in [1.165, 1.54) is 13.2 Å². The number of benzene rings is 2. The van der Waals surface area contributed by atoms with Crippen molar-refractivity contribution >= 4 is 23.0 Å². The lowest BCUT2D eigenvalue weighted by Gasteiger charge is -2.11. The van der Waals surface area contributed by atoms with E-state index in [1.807, 2.05) is 0 Å². The molecule has 2 aromatic rings. The maximum atomic E-state index is 12.4. The molecule has 0 fully saturated rings. The summed E-state index contributed by atoms with van der Waals surface area (Å²) in [5.74, 6) is -0.948. The standard InChI is InChI=1S/C16H14F2N2O5/c1-24-15(21)8-10-3-2-4-11(7-10)19-12-5-6-13(20(22)23)14(9-12)25-16(17)18/h2-7,9,16,19H,8H2,1H3. The first-order chi connectivity index (χ1) is 11.9. The van der Waals surface area contributed by atoms with Crippen molar-refractivity contribution in [2.24, 2.45) is 0 Å². The zero-order valence-electron chi connectivity index (χ0n) is 13.1. The summed E-state index contributed by atoms with van der Waals surface area (Å²) in [4.78, 5) is 21.4. The predicted molar refractivity (Wildman–Crippen MR) is 85.2 cm³/mol. The van der Waals surface area contributed by atoms with Crippen LogP contribution in [0.2, 0.25) is 0 Å². The molecule has 0 bridgehead atoms. The van der Waals surface area contributed by atoms with E-state index in [9.17, 15) is 23.7 Å². The number of nitro groups is 1. The van der Waals surface area contributed by atoms with Crippen LogP contribution in [0.1, 0.15) is 5.56 Å². The number of carbonyl (C=O) groups excluding carboxylic acids is 1. The van der Waals surface area contributed by atoms with Crippen molar-refractivity contribution in [3.63, 3.8) is 0 Å². The molecule has 0 radical (unpaired) electrons. The number of esters is 1. The highest BCUT2D eigenvalue weighted by molar-refractivity contribution is 5.73. The fourth-order valence-electron chi connectivity index (χ4n) is 2.10. The quantitative estimate of drug-likeness (QED) is 0.465. The lowest BCUT2D eigenvalue weighted by atomic mass is 10.1. The van der Waals surface area contributed by atoms with E-state index in [1.54, 1.807) is 24.3 Å². The van der Waals surface area contributed by atoms with Crippen LogP contribution in [0.15, 0.2) is 42.5 Å². The first-order valence-corrected chi connectivity index (χ1v) is 7.05. The highest BCUT2D eigenvalue weighted by atomic mass is 19.3. The molecule has 0 atom stereocenters. The minimum Gasteiger partial charge on any atom is -0.469 e. The summed E-state index contributed by atoms with van der Waals surface area (Å²) in [5.41, 5.74) is 1.00. The minimum atomic E-state index is -3.18. The molecule has 0 saturated heterocycles. The first kappa shape index (κ1) is 18.1. The number of carbonyl (C=O) groups is 1. The van der Waals surface area contributed by atoms with Gasteiger partial charge in [-0.1, -0.05) is 12.1 Å². The van der Waals surface area contributed by atoms with Gasteiger partial charge >= 0.3 is 18.3 Å². The fourth-order valence-corrected chi connectivity index (χ4v) is 2.10. The van der Waals surface area contributed by atoms with Crippen LogP contribution < -0.4 is 10.1 Å². The Morgan fingerprint density at radius 1 is 1.24 bits per heavy atom. The topological polar surface area (TPSA) is 90.7 Å². The smallest absolute Gasteiger partial charge is 0.387 e. The number of ether oxygens (including phenoxy) is 2. The Kier molecular flexibility index (Phi) is 5.83. The normalized spacial score (nSPS) is 10.4. The molecular weight excluding hydrogens is 338 g/mol. The molecule has 0 unspecified atom stereocenters. The molecule has 7 nitrogen and oxygen atoms in total. The summed E-state index contributed by atoms with van der Waals surface area (Å²) >= 11 is 0. The summed E-state index contributed by atoms with van der Waals surface area (Å²) in [5, 5.41) is 13.8. The lowest BCUT2D eigenvalue weighted by molar-refractivity contribution is -0.386. The molecule has 1 N–H and O–H groups in total. The molecule has 0 heterocycles. The third-order valence-corrected chi connectivity index (χ3v) is 3.16. The number of nitrogens with zero attached hydrogens (tertiary/aromatic N) is 1. The molecule has 0 aromatic heterocycles. The van der Waals surface area contributed by atoms with Crippen LogP contribution in [0.25, 0.3) is 0 Å². The second-order valence-corrected chi connectivity index (χ2v) is 4.90. The summed E-state index contributed by atoms with van der Waals surface area (Å²) in [6, 6.07) is 10.3. The largest absolute Gasteiger partial charge is 0.469 e. The number of nitro benzene ring substituents is 1. The van der Waals surface area contributed by atoms with E-state index >= 15 is 0 Å². The van der Waals surface area contributed by atoms with Crippen LogP contribution in [-0.4, -0.2) is 24.6 Å². The maximum absolute atomic E-state index is 12.4. The van der Waals surface area contributed by atoms with E-state index in [-0.39, 0.29) is 6.42 Å². The molecule has 2 aromatic carbocycles. The Morgan fingerprint density at radius 3 is 2.60 bits per heavy atom. The molecule has 0 aliphatic carbocycles. The van der Waals surface area contributed by atoms with Gasteiger partial charge in [0.25, 0.3) is 0 Å². The van der Waals surface area contributed by atoms with Gasteiger partial charge in [-0.2, -0.15) is 8.78 Å². The van der Waals surface area contributed by atoms with Gasteiger partial charge in [0.1, 0.15) is 0 Å². The Hall–Kier alpha value is -3.23. The third-order valence-electron chi connectivity index (χ3n) is 3.16. The van der Waals surface area contributed by atoms with Crippen LogP contribution >= 0.6 is 0 Å². The number of nitrogens with one attached hydrogen (secondary N) is 1. The van der Waals surface area contributed by atoms with E-state index in [0.717, 1.165) is 12.1 Å². The molecule has 2 rings (SSSR count). The van der Waals surface area contributed by atoms with E-state index in [4.69, 9.17) is 0 Å². The molecule has 0 aliphatic heterocycles. The lowest BCUT2D eigenvalue weighted by Crippen LogP contribution is -2.05. The number of hydrogen-bond donors (Lipinski definition) is 1. The molecule has 0 amide bonds. The van der Waals surface area contributed by atoms with Gasteiger partial charge in [0.2, 0.25) is 5.75 Å². The van der Waals surface area contributed by atoms with Gasteiger partial charge in [-0.3, -0.25) is 14.9 Å². The van der Waals surface area contributed by atoms with Gasteiger partial charge < -0.3 is 14.8 Å². The van der Waals surface area contributed by atoms with Crippen molar-refractivity contribution in [1.82, 2.24) is 0 Å².